The van der Waals surface area contributed by atoms with E-state index in [-0.39, 0.29) is 5.91 Å². The first-order valence-corrected chi connectivity index (χ1v) is 7.09. The molecule has 0 saturated carbocycles. The maximum absolute atomic E-state index is 12.2. The molecule has 2 N–H and O–H groups in total. The number of rotatable bonds is 3. The first kappa shape index (κ1) is 15.0. The van der Waals surface area contributed by atoms with Gasteiger partial charge in [-0.15, -0.1) is 11.3 Å². The molecule has 0 unspecified atom stereocenters. The van der Waals surface area contributed by atoms with Crippen molar-refractivity contribution in [1.82, 2.24) is 4.90 Å². The molecule has 2 rings (SSSR count). The summed E-state index contributed by atoms with van der Waals surface area (Å²) >= 11 is 1.53. The van der Waals surface area contributed by atoms with Gasteiger partial charge in [-0.1, -0.05) is 11.8 Å². The van der Waals surface area contributed by atoms with Gasteiger partial charge in [-0.2, -0.15) is 0 Å². The number of carbonyl (C=O) groups is 1. The molecule has 0 bridgehead atoms. The smallest absolute Gasteiger partial charge is 0.335 e. The molecule has 0 saturated heterocycles. The molecule has 21 heavy (non-hydrogen) atoms. The predicted molar refractivity (Wildman–Crippen MR) is 81.0 cm³/mol. The van der Waals surface area contributed by atoms with Crippen LogP contribution in [0.15, 0.2) is 39.1 Å². The third-order valence-corrected chi connectivity index (χ3v) is 3.60. The lowest BCUT2D eigenvalue weighted by Crippen LogP contribution is -2.26. The van der Waals surface area contributed by atoms with Gasteiger partial charge in [-0.05, 0) is 12.1 Å². The summed E-state index contributed by atoms with van der Waals surface area (Å²) in [6.07, 6.45) is 1.17. The average Bonchev–Trinajstić information content (AvgIpc) is 2.92. The highest BCUT2D eigenvalue weighted by atomic mass is 32.1. The van der Waals surface area contributed by atoms with E-state index in [1.807, 2.05) is 11.4 Å². The molecule has 2 aromatic rings. The summed E-state index contributed by atoms with van der Waals surface area (Å²) in [7, 11) is 1.69. The molecule has 2 heterocycles. The van der Waals surface area contributed by atoms with E-state index < -0.39 is 5.63 Å². The van der Waals surface area contributed by atoms with Crippen LogP contribution in [0.25, 0.3) is 0 Å². The lowest BCUT2D eigenvalue weighted by Gasteiger charge is -2.15. The predicted octanol–water partition coefficient (Wildman–Crippen LogP) is 1.28. The molecule has 2 aromatic heterocycles. The summed E-state index contributed by atoms with van der Waals surface area (Å²) < 4.78 is 4.70. The van der Waals surface area contributed by atoms with Gasteiger partial charge in [0, 0.05) is 28.9 Å². The lowest BCUT2D eigenvalue weighted by atomic mass is 10.2. The van der Waals surface area contributed by atoms with Crippen LogP contribution in [0.3, 0.4) is 0 Å². The molecule has 0 atom stereocenters. The molecule has 0 aliphatic rings. The Hall–Kier alpha value is -2.36. The van der Waals surface area contributed by atoms with Gasteiger partial charge >= 0.3 is 5.63 Å². The van der Waals surface area contributed by atoms with Crippen molar-refractivity contribution in [2.45, 2.75) is 6.54 Å². The van der Waals surface area contributed by atoms with E-state index in [0.29, 0.717) is 18.7 Å². The minimum absolute atomic E-state index is 0.207. The molecule has 0 spiro atoms. The second kappa shape index (κ2) is 6.88. The number of carbonyl (C=O) groups excluding carboxylic acids is 1. The van der Waals surface area contributed by atoms with Crippen LogP contribution >= 0.6 is 11.3 Å². The van der Waals surface area contributed by atoms with Crippen molar-refractivity contribution in [2.24, 2.45) is 5.73 Å². The Morgan fingerprint density at radius 2 is 2.29 bits per heavy atom. The fraction of sp³-hybridized carbons (Fsp3) is 0.200. The minimum atomic E-state index is -0.476. The van der Waals surface area contributed by atoms with Crippen molar-refractivity contribution in [2.75, 3.05) is 13.6 Å². The Balaban J connectivity index is 2.05. The Labute approximate surface area is 126 Å². The highest BCUT2D eigenvalue weighted by Gasteiger charge is 2.13. The van der Waals surface area contributed by atoms with E-state index in [2.05, 4.69) is 11.8 Å². The van der Waals surface area contributed by atoms with E-state index in [1.54, 1.807) is 11.9 Å². The molecule has 0 aliphatic heterocycles. The van der Waals surface area contributed by atoms with Gasteiger partial charge in [0.1, 0.15) is 6.26 Å². The molecular formula is C15H14N2O3S. The first-order valence-electron chi connectivity index (χ1n) is 6.21. The van der Waals surface area contributed by atoms with Crippen LogP contribution in [0.2, 0.25) is 0 Å². The van der Waals surface area contributed by atoms with Gasteiger partial charge in [0.05, 0.1) is 18.7 Å². The fourth-order valence-electron chi connectivity index (χ4n) is 1.69. The van der Waals surface area contributed by atoms with Crippen LogP contribution in [0.1, 0.15) is 20.8 Å². The van der Waals surface area contributed by atoms with Crippen LogP contribution in [-0.2, 0) is 6.54 Å². The Morgan fingerprint density at radius 1 is 1.48 bits per heavy atom. The lowest BCUT2D eigenvalue weighted by molar-refractivity contribution is 0.0783. The molecule has 0 aromatic carbocycles. The summed E-state index contributed by atoms with van der Waals surface area (Å²) in [5.41, 5.74) is 6.09. The minimum Gasteiger partial charge on any atom is -0.430 e. The summed E-state index contributed by atoms with van der Waals surface area (Å²) in [5, 5.41) is 1.93. The zero-order chi connectivity index (χ0) is 15.2. The topological polar surface area (TPSA) is 76.5 Å². The van der Waals surface area contributed by atoms with Crippen LogP contribution in [0.4, 0.5) is 0 Å². The van der Waals surface area contributed by atoms with Crippen molar-refractivity contribution < 1.29 is 9.21 Å². The highest BCUT2D eigenvalue weighted by molar-refractivity contribution is 7.10. The molecule has 6 heteroatoms. The fourth-order valence-corrected chi connectivity index (χ4v) is 2.56. The van der Waals surface area contributed by atoms with E-state index in [1.165, 1.54) is 29.7 Å². The third kappa shape index (κ3) is 4.05. The van der Waals surface area contributed by atoms with Crippen molar-refractivity contribution in [3.05, 3.63) is 56.3 Å². The van der Waals surface area contributed by atoms with Crippen molar-refractivity contribution in [3.63, 3.8) is 0 Å². The SMILES string of the molecule is CN(Cc1cc(C#CCN)cs1)C(=O)c1ccc(=O)oc1. The number of thiophene rings is 1. The standard InChI is InChI=1S/C15H14N2O3S/c1-17(15(19)12-4-5-14(18)20-9-12)8-13-7-11(10-21-13)3-2-6-16/h4-5,7,9-10H,6,8,16H2,1H3. The van der Waals surface area contributed by atoms with Crippen LogP contribution in [-0.4, -0.2) is 24.4 Å². The summed E-state index contributed by atoms with van der Waals surface area (Å²) in [4.78, 5) is 25.6. The molecule has 0 aliphatic carbocycles. The van der Waals surface area contributed by atoms with Gasteiger partial charge in [0.15, 0.2) is 0 Å². The Morgan fingerprint density at radius 3 is 2.95 bits per heavy atom. The van der Waals surface area contributed by atoms with E-state index in [4.69, 9.17) is 10.2 Å². The normalized spacial score (nSPS) is 9.81. The molecule has 0 fully saturated rings. The Kier molecular flexibility index (Phi) is 4.93. The van der Waals surface area contributed by atoms with Gasteiger partial charge in [-0.3, -0.25) is 4.79 Å². The van der Waals surface area contributed by atoms with Crippen LogP contribution in [0.5, 0.6) is 0 Å². The first-order chi connectivity index (χ1) is 10.1. The van der Waals surface area contributed by atoms with E-state index in [0.717, 1.165) is 10.4 Å². The van der Waals surface area contributed by atoms with Crippen molar-refractivity contribution >= 4 is 17.2 Å². The van der Waals surface area contributed by atoms with Gasteiger partial charge in [0.25, 0.3) is 5.91 Å². The molecule has 1 amide bonds. The monoisotopic (exact) mass is 302 g/mol. The second-order valence-corrected chi connectivity index (χ2v) is 5.31. The molecule has 108 valence electrons. The number of nitrogens with zero attached hydrogens (tertiary/aromatic N) is 1. The number of hydrogen-bond acceptors (Lipinski definition) is 5. The van der Waals surface area contributed by atoms with Gasteiger partial charge in [0.2, 0.25) is 0 Å². The second-order valence-electron chi connectivity index (χ2n) is 4.31. The maximum atomic E-state index is 12.2. The summed E-state index contributed by atoms with van der Waals surface area (Å²) in [5.74, 6) is 5.53. The summed E-state index contributed by atoms with van der Waals surface area (Å²) in [6.45, 7) is 0.787. The molecular weight excluding hydrogens is 288 g/mol. The largest absolute Gasteiger partial charge is 0.430 e. The van der Waals surface area contributed by atoms with Crippen molar-refractivity contribution in [1.29, 1.82) is 0 Å². The maximum Gasteiger partial charge on any atom is 0.335 e. The number of nitrogens with two attached hydrogens (primary N) is 1. The zero-order valence-electron chi connectivity index (χ0n) is 11.5. The molecule has 0 radical (unpaired) electrons. The average molecular weight is 302 g/mol. The van der Waals surface area contributed by atoms with E-state index in [9.17, 15) is 9.59 Å². The summed E-state index contributed by atoms with van der Waals surface area (Å²) in [6, 6.07) is 4.62. The highest BCUT2D eigenvalue weighted by Crippen LogP contribution is 2.16. The Bertz CT molecular complexity index is 732. The third-order valence-electron chi connectivity index (χ3n) is 2.68. The quantitative estimate of drug-likeness (QED) is 0.867. The van der Waals surface area contributed by atoms with Crippen molar-refractivity contribution in [3.8, 4) is 11.8 Å². The van der Waals surface area contributed by atoms with Gasteiger partial charge < -0.3 is 15.1 Å². The zero-order valence-corrected chi connectivity index (χ0v) is 12.3. The number of hydrogen-bond donors (Lipinski definition) is 1. The van der Waals surface area contributed by atoms with E-state index >= 15 is 0 Å². The van der Waals surface area contributed by atoms with Crippen LogP contribution < -0.4 is 11.4 Å². The molecule has 5 nitrogen and oxygen atoms in total. The number of amides is 1. The van der Waals surface area contributed by atoms with Crippen LogP contribution in [0, 0.1) is 11.8 Å². The van der Waals surface area contributed by atoms with Gasteiger partial charge in [-0.25, -0.2) is 4.79 Å².